The fourth-order valence-electron chi connectivity index (χ4n) is 1.80. The van der Waals surface area contributed by atoms with Crippen molar-refractivity contribution in [2.45, 2.75) is 16.4 Å². The van der Waals surface area contributed by atoms with E-state index in [4.69, 9.17) is 0 Å². The maximum Gasteiger partial charge on any atom is 2.00 e. The molecule has 2 atom stereocenters. The van der Waals surface area contributed by atoms with Crippen molar-refractivity contribution in [3.63, 3.8) is 0 Å². The van der Waals surface area contributed by atoms with Gasteiger partial charge in [-0.2, -0.15) is 0 Å². The molecule has 0 saturated carbocycles. The zero-order chi connectivity index (χ0) is 12.1. The summed E-state index contributed by atoms with van der Waals surface area (Å²) < 4.78 is 0.0809. The zero-order valence-electron chi connectivity index (χ0n) is 10.5. The Labute approximate surface area is 150 Å². The molecule has 19 heavy (non-hydrogen) atoms. The second-order valence-electron chi connectivity index (χ2n) is 4.04. The van der Waals surface area contributed by atoms with Crippen molar-refractivity contribution in [1.29, 1.82) is 0 Å². The van der Waals surface area contributed by atoms with Crippen LogP contribution in [0.3, 0.4) is 0 Å². The molecular weight excluding hydrogens is 383 g/mol. The molecule has 0 aromatic heterocycles. The summed E-state index contributed by atoms with van der Waals surface area (Å²) in [6.07, 6.45) is 0.168. The minimum absolute atomic E-state index is 0. The van der Waals surface area contributed by atoms with E-state index in [1.54, 1.807) is 0 Å². The van der Waals surface area contributed by atoms with E-state index in [2.05, 4.69) is 34.7 Å². The summed E-state index contributed by atoms with van der Waals surface area (Å²) in [6.45, 7) is 0. The van der Waals surface area contributed by atoms with Crippen LogP contribution in [0, 0.1) is 0 Å². The van der Waals surface area contributed by atoms with Crippen LogP contribution in [0.4, 0.5) is 0 Å². The number of rotatable bonds is 4. The Morgan fingerprint density at radius 2 is 1.37 bits per heavy atom. The molecule has 2 aromatic rings. The Bertz CT molecular complexity index is 452. The molecule has 0 aliphatic rings. The SMILES string of the molecule is [Cl-].[Mg+2].[O-][C@H](c1ccccc1)[C@H](I)Cc1ccccc1. The molecule has 0 unspecified atom stereocenters. The summed E-state index contributed by atoms with van der Waals surface area (Å²) >= 11 is 2.26. The minimum Gasteiger partial charge on any atom is -1.00 e. The van der Waals surface area contributed by atoms with Crippen LogP contribution in [0.1, 0.15) is 17.2 Å². The van der Waals surface area contributed by atoms with Crippen molar-refractivity contribution in [3.05, 3.63) is 71.8 Å². The fourth-order valence-corrected chi connectivity index (χ4v) is 2.72. The second kappa shape index (κ2) is 9.99. The van der Waals surface area contributed by atoms with Gasteiger partial charge in [0.25, 0.3) is 0 Å². The van der Waals surface area contributed by atoms with Crippen LogP contribution in [0.15, 0.2) is 60.7 Å². The van der Waals surface area contributed by atoms with E-state index in [9.17, 15) is 5.11 Å². The zero-order valence-corrected chi connectivity index (χ0v) is 14.8. The molecule has 2 aromatic carbocycles. The smallest absolute Gasteiger partial charge is 1.00 e. The summed E-state index contributed by atoms with van der Waals surface area (Å²) in [7, 11) is 0. The average Bonchev–Trinajstić information content (AvgIpc) is 2.40. The van der Waals surface area contributed by atoms with Gasteiger partial charge >= 0.3 is 23.1 Å². The standard InChI is InChI=1S/C15H14IO.ClH.Mg/c16-14(11-12-7-3-1-4-8-12)15(17)13-9-5-2-6-10-13;;/h1-10,14-15H,11H2;1H;/q-1;;+2/p-1/t14-,15-;;/m1../s1. The Hall–Kier alpha value is 0.186. The summed E-state index contributed by atoms with van der Waals surface area (Å²) in [4.78, 5) is 0. The Morgan fingerprint density at radius 3 is 1.89 bits per heavy atom. The minimum atomic E-state index is -0.656. The largest absolute Gasteiger partial charge is 2.00 e. The van der Waals surface area contributed by atoms with E-state index >= 15 is 0 Å². The topological polar surface area (TPSA) is 23.1 Å². The molecule has 4 heteroatoms. The van der Waals surface area contributed by atoms with Crippen LogP contribution in [0.5, 0.6) is 0 Å². The molecule has 0 saturated heterocycles. The number of hydrogen-bond donors (Lipinski definition) is 0. The third kappa shape index (κ3) is 6.00. The molecule has 0 radical (unpaired) electrons. The Balaban J connectivity index is 0.00000162. The van der Waals surface area contributed by atoms with Gasteiger partial charge in [-0.25, -0.2) is 0 Å². The van der Waals surface area contributed by atoms with E-state index < -0.39 is 6.10 Å². The first-order valence-electron chi connectivity index (χ1n) is 5.66. The van der Waals surface area contributed by atoms with Gasteiger partial charge in [0.2, 0.25) is 0 Å². The van der Waals surface area contributed by atoms with Gasteiger partial charge in [0.1, 0.15) is 0 Å². The normalized spacial score (nSPS) is 12.7. The maximum absolute atomic E-state index is 12.2. The monoisotopic (exact) mass is 396 g/mol. The molecule has 0 N–H and O–H groups in total. The second-order valence-corrected chi connectivity index (χ2v) is 5.64. The van der Waals surface area contributed by atoms with E-state index in [1.165, 1.54) is 5.56 Å². The number of halogens is 2. The van der Waals surface area contributed by atoms with Gasteiger partial charge in [-0.3, -0.25) is 0 Å². The van der Waals surface area contributed by atoms with Crippen molar-refractivity contribution in [1.82, 2.24) is 0 Å². The molecule has 1 nitrogen and oxygen atoms in total. The van der Waals surface area contributed by atoms with Gasteiger partial charge in [-0.15, -0.1) is 0 Å². The summed E-state index contributed by atoms with van der Waals surface area (Å²) in [6, 6.07) is 19.8. The Morgan fingerprint density at radius 1 is 0.895 bits per heavy atom. The number of alkyl halides is 1. The van der Waals surface area contributed by atoms with Crippen molar-refractivity contribution < 1.29 is 17.5 Å². The molecule has 96 valence electrons. The van der Waals surface area contributed by atoms with E-state index in [0.29, 0.717) is 0 Å². The summed E-state index contributed by atoms with van der Waals surface area (Å²) in [5.41, 5.74) is 2.10. The van der Waals surface area contributed by atoms with Gasteiger partial charge < -0.3 is 17.5 Å². The maximum atomic E-state index is 12.2. The van der Waals surface area contributed by atoms with Crippen LogP contribution < -0.4 is 17.5 Å². The van der Waals surface area contributed by atoms with Crippen LogP contribution in [0.2, 0.25) is 0 Å². The molecule has 0 amide bonds. The predicted molar refractivity (Wildman–Crippen MR) is 82.9 cm³/mol. The van der Waals surface area contributed by atoms with E-state index in [1.807, 2.05) is 48.5 Å². The van der Waals surface area contributed by atoms with Crippen molar-refractivity contribution >= 4 is 45.6 Å². The molecule has 0 spiro atoms. The molecular formula is C15H14ClIMgO. The number of benzene rings is 2. The van der Waals surface area contributed by atoms with Gasteiger partial charge in [0.05, 0.1) is 0 Å². The van der Waals surface area contributed by atoms with E-state index in [0.717, 1.165) is 12.0 Å². The summed E-state index contributed by atoms with van der Waals surface area (Å²) in [5.74, 6) is 0. The quantitative estimate of drug-likeness (QED) is 0.397. The van der Waals surface area contributed by atoms with Crippen molar-refractivity contribution in [3.8, 4) is 0 Å². The third-order valence-electron chi connectivity index (χ3n) is 2.73. The molecule has 2 rings (SSSR count). The van der Waals surface area contributed by atoms with Crippen LogP contribution in [0.25, 0.3) is 0 Å². The third-order valence-corrected chi connectivity index (χ3v) is 3.82. The number of hydrogen-bond acceptors (Lipinski definition) is 1. The average molecular weight is 397 g/mol. The first kappa shape index (κ1) is 19.2. The summed E-state index contributed by atoms with van der Waals surface area (Å²) in [5, 5.41) is 12.2. The predicted octanol–water partition coefficient (Wildman–Crippen LogP) is -0.242. The first-order chi connectivity index (χ1) is 8.27. The van der Waals surface area contributed by atoms with Crippen LogP contribution in [-0.4, -0.2) is 27.0 Å². The molecule has 0 fully saturated rings. The van der Waals surface area contributed by atoms with Gasteiger partial charge in [0.15, 0.2) is 0 Å². The van der Waals surface area contributed by atoms with E-state index in [-0.39, 0.29) is 39.4 Å². The van der Waals surface area contributed by atoms with Gasteiger partial charge in [-0.1, -0.05) is 94.9 Å². The Kier molecular flexibility index (Phi) is 10.1. The molecule has 0 bridgehead atoms. The fraction of sp³-hybridized carbons (Fsp3) is 0.200. The first-order valence-corrected chi connectivity index (χ1v) is 6.90. The van der Waals surface area contributed by atoms with Gasteiger partial charge in [-0.05, 0) is 12.0 Å². The van der Waals surface area contributed by atoms with Crippen LogP contribution >= 0.6 is 22.6 Å². The van der Waals surface area contributed by atoms with Crippen molar-refractivity contribution in [2.24, 2.45) is 0 Å². The molecule has 0 heterocycles. The van der Waals surface area contributed by atoms with Crippen LogP contribution in [-0.2, 0) is 6.42 Å². The van der Waals surface area contributed by atoms with Gasteiger partial charge in [0, 0.05) is 3.92 Å². The molecule has 0 aliphatic heterocycles. The van der Waals surface area contributed by atoms with Crippen molar-refractivity contribution in [2.75, 3.05) is 0 Å². The molecule has 0 aliphatic carbocycles.